The molecular weight excluding hydrogens is 336 g/mol. The Morgan fingerprint density at radius 1 is 1.56 bits per heavy atom. The second-order valence-corrected chi connectivity index (χ2v) is 7.29. The van der Waals surface area contributed by atoms with Crippen molar-refractivity contribution in [2.75, 3.05) is 20.7 Å². The van der Waals surface area contributed by atoms with Crippen molar-refractivity contribution in [3.05, 3.63) is 34.0 Å². The molecule has 3 heterocycles. The highest BCUT2D eigenvalue weighted by atomic mass is 32.1. The van der Waals surface area contributed by atoms with Gasteiger partial charge in [-0.3, -0.25) is 4.99 Å². The van der Waals surface area contributed by atoms with Crippen LogP contribution in [0.2, 0.25) is 0 Å². The largest absolute Gasteiger partial charge is 0.377 e. The molecule has 8 heteroatoms. The molecule has 136 valence electrons. The number of hydrogen-bond acceptors (Lipinski definition) is 5. The summed E-state index contributed by atoms with van der Waals surface area (Å²) in [6.45, 7) is 4.35. The number of aromatic nitrogens is 3. The smallest absolute Gasteiger partial charge is 0.191 e. The van der Waals surface area contributed by atoms with Crippen LogP contribution in [0, 0.1) is 0 Å². The van der Waals surface area contributed by atoms with Crippen molar-refractivity contribution in [2.45, 2.75) is 44.9 Å². The van der Waals surface area contributed by atoms with Crippen molar-refractivity contribution in [2.24, 2.45) is 4.99 Å². The fourth-order valence-electron chi connectivity index (χ4n) is 2.98. The van der Waals surface area contributed by atoms with E-state index in [0.717, 1.165) is 43.5 Å². The van der Waals surface area contributed by atoms with Gasteiger partial charge in [-0.15, -0.1) is 11.3 Å². The van der Waals surface area contributed by atoms with Crippen LogP contribution in [-0.4, -0.2) is 47.5 Å². The molecule has 2 N–H and O–H groups in total. The predicted molar refractivity (Wildman–Crippen MR) is 100 cm³/mol. The van der Waals surface area contributed by atoms with Crippen LogP contribution in [0.5, 0.6) is 0 Å². The monoisotopic (exact) mass is 362 g/mol. The molecule has 0 saturated carbocycles. The first-order valence-electron chi connectivity index (χ1n) is 8.61. The van der Waals surface area contributed by atoms with E-state index >= 15 is 0 Å². The van der Waals surface area contributed by atoms with Gasteiger partial charge in [0.2, 0.25) is 0 Å². The molecule has 2 atom stereocenters. The SMILES string of the molecule is CN=C(NCC(C)c1cccs1)NC1CCc2nc(COC)nn2C1. The lowest BCUT2D eigenvalue weighted by atomic mass is 10.1. The molecule has 0 aliphatic carbocycles. The van der Waals surface area contributed by atoms with Crippen LogP contribution in [0.15, 0.2) is 22.5 Å². The highest BCUT2D eigenvalue weighted by Gasteiger charge is 2.22. The van der Waals surface area contributed by atoms with E-state index in [4.69, 9.17) is 4.74 Å². The van der Waals surface area contributed by atoms with Crippen molar-refractivity contribution in [1.82, 2.24) is 25.4 Å². The molecule has 0 fully saturated rings. The fraction of sp³-hybridized carbons (Fsp3) is 0.588. The number of guanidine groups is 1. The number of aliphatic imine (C=N–C) groups is 1. The summed E-state index contributed by atoms with van der Waals surface area (Å²) in [5.74, 6) is 3.10. The van der Waals surface area contributed by atoms with Gasteiger partial charge in [-0.25, -0.2) is 9.67 Å². The third-order valence-corrected chi connectivity index (χ3v) is 5.45. The number of fused-ring (bicyclic) bond motifs is 1. The van der Waals surface area contributed by atoms with E-state index in [0.29, 0.717) is 18.6 Å². The lowest BCUT2D eigenvalue weighted by Gasteiger charge is -2.25. The van der Waals surface area contributed by atoms with Gasteiger partial charge in [0.05, 0.1) is 6.54 Å². The summed E-state index contributed by atoms with van der Waals surface area (Å²) in [6, 6.07) is 4.57. The minimum atomic E-state index is 0.299. The Bertz CT molecular complexity index is 696. The van der Waals surface area contributed by atoms with Crippen molar-refractivity contribution in [3.63, 3.8) is 0 Å². The molecule has 2 unspecified atom stereocenters. The lowest BCUT2D eigenvalue weighted by Crippen LogP contribution is -2.47. The summed E-state index contributed by atoms with van der Waals surface area (Å²) >= 11 is 1.80. The van der Waals surface area contributed by atoms with E-state index in [-0.39, 0.29) is 0 Å². The molecule has 2 aromatic rings. The number of methoxy groups -OCH3 is 1. The molecule has 1 aliphatic heterocycles. The van der Waals surface area contributed by atoms with E-state index in [2.05, 4.69) is 50.1 Å². The first-order chi connectivity index (χ1) is 12.2. The third kappa shape index (κ3) is 4.58. The molecule has 0 radical (unpaired) electrons. The normalized spacial score (nSPS) is 18.7. The molecule has 2 aromatic heterocycles. The van der Waals surface area contributed by atoms with E-state index in [1.54, 1.807) is 18.4 Å². The van der Waals surface area contributed by atoms with Crippen LogP contribution in [-0.2, 0) is 24.3 Å². The topological polar surface area (TPSA) is 76.4 Å². The van der Waals surface area contributed by atoms with E-state index < -0.39 is 0 Å². The summed E-state index contributed by atoms with van der Waals surface area (Å²) in [5, 5.41) is 13.6. The van der Waals surface area contributed by atoms with Gasteiger partial charge in [0, 0.05) is 44.0 Å². The van der Waals surface area contributed by atoms with E-state index in [9.17, 15) is 0 Å². The fourth-order valence-corrected chi connectivity index (χ4v) is 3.77. The van der Waals surface area contributed by atoms with Gasteiger partial charge in [0.15, 0.2) is 11.8 Å². The molecular formula is C17H26N6OS. The molecule has 7 nitrogen and oxygen atoms in total. The van der Waals surface area contributed by atoms with Gasteiger partial charge in [0.1, 0.15) is 12.4 Å². The van der Waals surface area contributed by atoms with Crippen molar-refractivity contribution in [3.8, 4) is 0 Å². The quantitative estimate of drug-likeness (QED) is 0.605. The zero-order chi connectivity index (χ0) is 17.6. The Labute approximate surface area is 152 Å². The highest BCUT2D eigenvalue weighted by molar-refractivity contribution is 7.10. The second kappa shape index (κ2) is 8.44. The molecule has 1 aliphatic rings. The van der Waals surface area contributed by atoms with Gasteiger partial charge in [-0.1, -0.05) is 13.0 Å². The molecule has 3 rings (SSSR count). The maximum Gasteiger partial charge on any atom is 0.191 e. The number of nitrogens with zero attached hydrogens (tertiary/aromatic N) is 4. The number of aryl methyl sites for hydroxylation is 1. The Kier molecular flexibility index (Phi) is 6.04. The Morgan fingerprint density at radius 3 is 3.16 bits per heavy atom. The Balaban J connectivity index is 1.52. The van der Waals surface area contributed by atoms with Crippen molar-refractivity contribution >= 4 is 17.3 Å². The van der Waals surface area contributed by atoms with E-state index in [1.165, 1.54) is 4.88 Å². The van der Waals surface area contributed by atoms with Gasteiger partial charge in [-0.2, -0.15) is 5.10 Å². The van der Waals surface area contributed by atoms with Gasteiger partial charge >= 0.3 is 0 Å². The lowest BCUT2D eigenvalue weighted by molar-refractivity contribution is 0.177. The molecule has 25 heavy (non-hydrogen) atoms. The standard InChI is InChI=1S/C17H26N6OS/c1-12(14-5-4-8-25-14)9-19-17(18-2)20-13-6-7-16-21-15(11-24-3)22-23(16)10-13/h4-5,8,12-13H,6-7,9-11H2,1-3H3,(H2,18,19,20). The van der Waals surface area contributed by atoms with Crippen LogP contribution < -0.4 is 10.6 Å². The maximum atomic E-state index is 5.12. The van der Waals surface area contributed by atoms with Crippen LogP contribution >= 0.6 is 11.3 Å². The third-order valence-electron chi connectivity index (χ3n) is 4.34. The average Bonchev–Trinajstić information content (AvgIpc) is 3.27. The minimum Gasteiger partial charge on any atom is -0.377 e. The van der Waals surface area contributed by atoms with Crippen LogP contribution in [0.25, 0.3) is 0 Å². The number of ether oxygens (including phenoxy) is 1. The maximum absolute atomic E-state index is 5.12. The molecule has 0 amide bonds. The first-order valence-corrected chi connectivity index (χ1v) is 9.49. The Hall–Kier alpha value is -1.93. The van der Waals surface area contributed by atoms with Crippen LogP contribution in [0.3, 0.4) is 0 Å². The number of nitrogens with one attached hydrogen (secondary N) is 2. The first kappa shape index (κ1) is 17.9. The summed E-state index contributed by atoms with van der Waals surface area (Å²) in [7, 11) is 3.47. The summed E-state index contributed by atoms with van der Waals surface area (Å²) in [4.78, 5) is 10.3. The Morgan fingerprint density at radius 2 is 2.44 bits per heavy atom. The van der Waals surface area contributed by atoms with Crippen LogP contribution in [0.1, 0.15) is 35.8 Å². The summed E-state index contributed by atoms with van der Waals surface area (Å²) in [6.07, 6.45) is 1.93. The molecule has 0 saturated heterocycles. The number of rotatable bonds is 6. The van der Waals surface area contributed by atoms with E-state index in [1.807, 2.05) is 11.7 Å². The zero-order valence-electron chi connectivity index (χ0n) is 15.0. The van der Waals surface area contributed by atoms with Crippen molar-refractivity contribution in [1.29, 1.82) is 0 Å². The second-order valence-electron chi connectivity index (χ2n) is 6.31. The van der Waals surface area contributed by atoms with Crippen LogP contribution in [0.4, 0.5) is 0 Å². The summed E-state index contributed by atoms with van der Waals surface area (Å²) in [5.41, 5.74) is 0. The summed E-state index contributed by atoms with van der Waals surface area (Å²) < 4.78 is 7.10. The zero-order valence-corrected chi connectivity index (χ0v) is 15.8. The van der Waals surface area contributed by atoms with Crippen molar-refractivity contribution < 1.29 is 4.74 Å². The van der Waals surface area contributed by atoms with Gasteiger partial charge < -0.3 is 15.4 Å². The predicted octanol–water partition coefficient (Wildman–Crippen LogP) is 1.77. The minimum absolute atomic E-state index is 0.299. The average molecular weight is 363 g/mol. The molecule has 0 bridgehead atoms. The number of hydrogen-bond donors (Lipinski definition) is 2. The molecule has 0 aromatic carbocycles. The van der Waals surface area contributed by atoms with Gasteiger partial charge in [-0.05, 0) is 17.9 Å². The number of thiophene rings is 1. The highest BCUT2D eigenvalue weighted by Crippen LogP contribution is 2.19. The van der Waals surface area contributed by atoms with Gasteiger partial charge in [0.25, 0.3) is 0 Å². The molecule has 0 spiro atoms.